The molecule has 1 aromatic carbocycles. The number of carbonyl (C=O) groups excluding carboxylic acids is 2. The summed E-state index contributed by atoms with van der Waals surface area (Å²) in [6, 6.07) is 5.16. The first kappa shape index (κ1) is 11.9. The molecular weight excluding hydrogens is 240 g/mol. The zero-order valence-corrected chi connectivity index (χ0v) is 10.2. The van der Waals surface area contributed by atoms with Crippen LogP contribution >= 0.6 is 11.6 Å². The number of amides is 2. The summed E-state index contributed by atoms with van der Waals surface area (Å²) in [4.78, 5) is 22.5. The van der Waals surface area contributed by atoms with Gasteiger partial charge in [0, 0.05) is 17.1 Å². The summed E-state index contributed by atoms with van der Waals surface area (Å²) in [5.74, 6) is -0.493. The van der Waals surface area contributed by atoms with Crippen molar-refractivity contribution in [3.8, 4) is 0 Å². The molecule has 0 radical (unpaired) electrons. The van der Waals surface area contributed by atoms with Crippen molar-refractivity contribution in [2.45, 2.75) is 25.8 Å². The van der Waals surface area contributed by atoms with E-state index in [0.717, 1.165) is 11.3 Å². The van der Waals surface area contributed by atoms with Crippen molar-refractivity contribution in [2.75, 3.05) is 5.32 Å². The van der Waals surface area contributed by atoms with Crippen LogP contribution in [0.4, 0.5) is 5.69 Å². The van der Waals surface area contributed by atoms with Crippen LogP contribution in [0.3, 0.4) is 0 Å². The van der Waals surface area contributed by atoms with Crippen LogP contribution < -0.4 is 10.6 Å². The molecule has 0 bridgehead atoms. The number of carbonyl (C=O) groups is 2. The molecule has 2 N–H and O–H groups in total. The predicted molar refractivity (Wildman–Crippen MR) is 66.0 cm³/mol. The van der Waals surface area contributed by atoms with Crippen LogP contribution in [0.2, 0.25) is 5.02 Å². The Morgan fingerprint density at radius 2 is 2.18 bits per heavy atom. The molecule has 1 aliphatic heterocycles. The summed E-state index contributed by atoms with van der Waals surface area (Å²) in [7, 11) is 0. The van der Waals surface area contributed by atoms with Crippen LogP contribution in [-0.4, -0.2) is 17.9 Å². The van der Waals surface area contributed by atoms with E-state index in [9.17, 15) is 9.59 Å². The summed E-state index contributed by atoms with van der Waals surface area (Å²) in [6.07, 6.45) is 0.874. The molecule has 5 heteroatoms. The largest absolute Gasteiger partial charge is 0.374 e. The highest BCUT2D eigenvalue weighted by Crippen LogP contribution is 2.21. The van der Waals surface area contributed by atoms with E-state index in [4.69, 9.17) is 11.6 Å². The molecule has 0 aliphatic carbocycles. The zero-order valence-electron chi connectivity index (χ0n) is 9.42. The second kappa shape index (κ2) is 4.75. The van der Waals surface area contributed by atoms with E-state index in [-0.39, 0.29) is 17.9 Å². The first-order chi connectivity index (χ1) is 8.06. The van der Waals surface area contributed by atoms with Crippen LogP contribution in [0.1, 0.15) is 18.4 Å². The molecule has 0 aromatic heterocycles. The van der Waals surface area contributed by atoms with Gasteiger partial charge < -0.3 is 5.32 Å². The lowest BCUT2D eigenvalue weighted by Gasteiger charge is -2.22. The number of hydrogen-bond acceptors (Lipinski definition) is 3. The quantitative estimate of drug-likeness (QED) is 0.790. The van der Waals surface area contributed by atoms with Crippen molar-refractivity contribution in [3.63, 3.8) is 0 Å². The molecule has 2 rings (SSSR count). The Bertz CT molecular complexity index is 474. The monoisotopic (exact) mass is 252 g/mol. The fraction of sp³-hybridized carbons (Fsp3) is 0.333. The number of hydrogen-bond donors (Lipinski definition) is 2. The molecular formula is C12H13ClN2O2. The Morgan fingerprint density at radius 3 is 2.82 bits per heavy atom. The standard InChI is InChI=1S/C12H13ClN2O2/c1-7-2-3-8(6-9(7)13)14-10-4-5-11(16)15-12(10)17/h2-3,6,10,14H,4-5H2,1H3,(H,15,16,17). The minimum atomic E-state index is -0.369. The Hall–Kier alpha value is -1.55. The molecule has 1 aromatic rings. The fourth-order valence-corrected chi connectivity index (χ4v) is 1.90. The molecule has 1 unspecified atom stereocenters. The van der Waals surface area contributed by atoms with Gasteiger partial charge in [-0.3, -0.25) is 14.9 Å². The lowest BCUT2D eigenvalue weighted by Crippen LogP contribution is -2.47. The molecule has 0 saturated carbocycles. The van der Waals surface area contributed by atoms with Crippen LogP contribution in [0.5, 0.6) is 0 Å². The van der Waals surface area contributed by atoms with Crippen molar-refractivity contribution in [1.82, 2.24) is 5.32 Å². The molecule has 1 heterocycles. The maximum Gasteiger partial charge on any atom is 0.249 e. The van der Waals surface area contributed by atoms with E-state index in [1.807, 2.05) is 19.1 Å². The van der Waals surface area contributed by atoms with E-state index >= 15 is 0 Å². The normalized spacial score (nSPS) is 20.0. The van der Waals surface area contributed by atoms with Gasteiger partial charge in [0.05, 0.1) is 0 Å². The summed E-state index contributed by atoms with van der Waals surface area (Å²) in [5.41, 5.74) is 1.77. The number of anilines is 1. The van der Waals surface area contributed by atoms with Gasteiger partial charge in [-0.15, -0.1) is 0 Å². The van der Waals surface area contributed by atoms with E-state index in [0.29, 0.717) is 17.9 Å². The van der Waals surface area contributed by atoms with E-state index in [1.165, 1.54) is 0 Å². The molecule has 1 saturated heterocycles. The second-order valence-corrected chi connectivity index (χ2v) is 4.52. The highest BCUT2D eigenvalue weighted by molar-refractivity contribution is 6.31. The van der Waals surface area contributed by atoms with Gasteiger partial charge in [-0.1, -0.05) is 17.7 Å². The molecule has 90 valence electrons. The molecule has 1 atom stereocenters. The van der Waals surface area contributed by atoms with Gasteiger partial charge in [0.2, 0.25) is 11.8 Å². The lowest BCUT2D eigenvalue weighted by molar-refractivity contribution is -0.133. The minimum Gasteiger partial charge on any atom is -0.374 e. The van der Waals surface area contributed by atoms with Gasteiger partial charge in [-0.05, 0) is 31.0 Å². The van der Waals surface area contributed by atoms with Gasteiger partial charge in [-0.2, -0.15) is 0 Å². The number of rotatable bonds is 2. The van der Waals surface area contributed by atoms with E-state index in [2.05, 4.69) is 10.6 Å². The topological polar surface area (TPSA) is 58.2 Å². The summed E-state index contributed by atoms with van der Waals surface area (Å²) in [6.45, 7) is 1.91. The van der Waals surface area contributed by atoms with Gasteiger partial charge in [0.15, 0.2) is 0 Å². The number of halogens is 1. The van der Waals surface area contributed by atoms with Crippen molar-refractivity contribution < 1.29 is 9.59 Å². The molecule has 2 amide bonds. The molecule has 1 fully saturated rings. The third-order valence-corrected chi connectivity index (χ3v) is 3.16. The van der Waals surface area contributed by atoms with Crippen LogP contribution in [0, 0.1) is 6.92 Å². The number of imide groups is 1. The SMILES string of the molecule is Cc1ccc(NC2CCC(=O)NC2=O)cc1Cl. The summed E-state index contributed by atoms with van der Waals surface area (Å²) >= 11 is 6.00. The van der Waals surface area contributed by atoms with Gasteiger partial charge in [-0.25, -0.2) is 0 Å². The highest BCUT2D eigenvalue weighted by Gasteiger charge is 2.26. The highest BCUT2D eigenvalue weighted by atomic mass is 35.5. The summed E-state index contributed by atoms with van der Waals surface area (Å²) < 4.78 is 0. The van der Waals surface area contributed by atoms with Gasteiger partial charge in [0.25, 0.3) is 0 Å². The number of piperidine rings is 1. The Balaban J connectivity index is 2.08. The molecule has 0 spiro atoms. The van der Waals surface area contributed by atoms with Crippen molar-refractivity contribution in [2.24, 2.45) is 0 Å². The second-order valence-electron chi connectivity index (χ2n) is 4.11. The molecule has 17 heavy (non-hydrogen) atoms. The Morgan fingerprint density at radius 1 is 1.41 bits per heavy atom. The average Bonchev–Trinajstić information content (AvgIpc) is 2.27. The predicted octanol–water partition coefficient (Wildman–Crippen LogP) is 1.87. The number of nitrogens with one attached hydrogen (secondary N) is 2. The average molecular weight is 253 g/mol. The first-order valence-corrected chi connectivity index (χ1v) is 5.80. The maximum absolute atomic E-state index is 11.5. The third-order valence-electron chi connectivity index (χ3n) is 2.75. The number of benzene rings is 1. The maximum atomic E-state index is 11.5. The van der Waals surface area contributed by atoms with E-state index in [1.54, 1.807) is 6.07 Å². The Kier molecular flexibility index (Phi) is 3.33. The Labute approximate surface area is 104 Å². The van der Waals surface area contributed by atoms with E-state index < -0.39 is 0 Å². The third kappa shape index (κ3) is 2.77. The molecule has 1 aliphatic rings. The van der Waals surface area contributed by atoms with Crippen LogP contribution in [-0.2, 0) is 9.59 Å². The number of aryl methyl sites for hydroxylation is 1. The van der Waals surface area contributed by atoms with Crippen molar-refractivity contribution in [3.05, 3.63) is 28.8 Å². The zero-order chi connectivity index (χ0) is 12.4. The molecule has 4 nitrogen and oxygen atoms in total. The van der Waals surface area contributed by atoms with Gasteiger partial charge in [0.1, 0.15) is 6.04 Å². The van der Waals surface area contributed by atoms with Crippen LogP contribution in [0.25, 0.3) is 0 Å². The summed E-state index contributed by atoms with van der Waals surface area (Å²) in [5, 5.41) is 6.03. The fourth-order valence-electron chi connectivity index (χ4n) is 1.72. The van der Waals surface area contributed by atoms with Crippen molar-refractivity contribution >= 4 is 29.1 Å². The smallest absolute Gasteiger partial charge is 0.249 e. The van der Waals surface area contributed by atoms with Gasteiger partial charge >= 0.3 is 0 Å². The van der Waals surface area contributed by atoms with Crippen LogP contribution in [0.15, 0.2) is 18.2 Å². The first-order valence-electron chi connectivity index (χ1n) is 5.42. The van der Waals surface area contributed by atoms with Crippen molar-refractivity contribution in [1.29, 1.82) is 0 Å². The lowest BCUT2D eigenvalue weighted by atomic mass is 10.1. The minimum absolute atomic E-state index is 0.213.